The molecule has 9 heteroatoms. The zero-order valence-electron chi connectivity index (χ0n) is 47.9. The molecule has 3 unspecified atom stereocenters. The molecule has 3 N–H and O–H groups in total. The quantitative estimate of drug-likeness (QED) is 0.0243. The molecule has 72 heavy (non-hydrogen) atoms. The van der Waals surface area contributed by atoms with Crippen molar-refractivity contribution >= 4 is 13.7 Å². The number of rotatable bonds is 55. The summed E-state index contributed by atoms with van der Waals surface area (Å²) in [4.78, 5) is 23.4. The maximum Gasteiger partial charge on any atom is 0.472 e. The van der Waals surface area contributed by atoms with E-state index in [1.54, 1.807) is 0 Å². The number of aliphatic hydroxyl groups is 1. The number of likely N-dealkylation sites (N-methyl/N-ethyl adjacent to an activating group) is 1. The Balaban J connectivity index is 4.20. The zero-order valence-corrected chi connectivity index (χ0v) is 48.8. The molecule has 420 valence electrons. The molecule has 8 nitrogen and oxygen atoms in total. The van der Waals surface area contributed by atoms with E-state index in [1.165, 1.54) is 154 Å². The van der Waals surface area contributed by atoms with Crippen molar-refractivity contribution < 1.29 is 32.9 Å². The number of nitrogens with one attached hydrogen (secondary N) is 1. The molecule has 0 bridgehead atoms. The van der Waals surface area contributed by atoms with Gasteiger partial charge in [0.1, 0.15) is 13.2 Å². The molecular formula is C63H118N2O6P+. The maximum atomic E-state index is 13.0. The van der Waals surface area contributed by atoms with E-state index in [2.05, 4.69) is 92.1 Å². The summed E-state index contributed by atoms with van der Waals surface area (Å²) >= 11 is 0. The third-order valence-electron chi connectivity index (χ3n) is 13.5. The van der Waals surface area contributed by atoms with Crippen LogP contribution in [-0.4, -0.2) is 73.4 Å². The number of carbonyl (C=O) groups excluding carboxylic acids is 1. The summed E-state index contributed by atoms with van der Waals surface area (Å²) in [7, 11) is 1.60. The number of phosphoric ester groups is 1. The van der Waals surface area contributed by atoms with Gasteiger partial charge < -0.3 is 19.8 Å². The molecule has 0 saturated carbocycles. The highest BCUT2D eigenvalue weighted by atomic mass is 31.2. The lowest BCUT2D eigenvalue weighted by atomic mass is 10.0. The van der Waals surface area contributed by atoms with Gasteiger partial charge in [-0.05, 0) is 64.2 Å². The summed E-state index contributed by atoms with van der Waals surface area (Å²) in [5, 5.41) is 14.1. The van der Waals surface area contributed by atoms with Crippen LogP contribution in [-0.2, 0) is 18.4 Å². The van der Waals surface area contributed by atoms with Gasteiger partial charge >= 0.3 is 7.82 Å². The van der Waals surface area contributed by atoms with E-state index in [0.717, 1.165) is 89.9 Å². The summed E-state index contributed by atoms with van der Waals surface area (Å²) in [5.41, 5.74) is 0. The van der Waals surface area contributed by atoms with Gasteiger partial charge in [-0.1, -0.05) is 273 Å². The van der Waals surface area contributed by atoms with Crippen molar-refractivity contribution in [2.24, 2.45) is 0 Å². The van der Waals surface area contributed by atoms with Gasteiger partial charge in [-0.3, -0.25) is 13.8 Å². The Morgan fingerprint density at radius 3 is 1.22 bits per heavy atom. The molecule has 0 aliphatic rings. The number of hydrogen-bond donors (Lipinski definition) is 3. The van der Waals surface area contributed by atoms with Crippen LogP contribution < -0.4 is 5.32 Å². The minimum atomic E-state index is -4.34. The normalized spacial score (nSPS) is 14.4. The van der Waals surface area contributed by atoms with Crippen LogP contribution in [0.2, 0.25) is 0 Å². The van der Waals surface area contributed by atoms with Crippen LogP contribution in [0.3, 0.4) is 0 Å². The minimum absolute atomic E-state index is 0.0684. The Kier molecular flexibility index (Phi) is 52.2. The van der Waals surface area contributed by atoms with E-state index in [-0.39, 0.29) is 19.1 Å². The first-order valence-corrected chi connectivity index (χ1v) is 31.8. The number of allylic oxidation sites excluding steroid dienone is 12. The van der Waals surface area contributed by atoms with E-state index in [1.807, 2.05) is 21.1 Å². The number of phosphoric acid groups is 1. The highest BCUT2D eigenvalue weighted by Crippen LogP contribution is 2.43. The summed E-state index contributed by atoms with van der Waals surface area (Å²) in [6.45, 7) is 4.79. The van der Waals surface area contributed by atoms with Crippen molar-refractivity contribution in [2.45, 2.75) is 283 Å². The van der Waals surface area contributed by atoms with Crippen LogP contribution in [0.1, 0.15) is 271 Å². The Morgan fingerprint density at radius 1 is 0.486 bits per heavy atom. The first-order valence-electron chi connectivity index (χ1n) is 30.3. The van der Waals surface area contributed by atoms with Gasteiger partial charge in [0.25, 0.3) is 0 Å². The van der Waals surface area contributed by atoms with Crippen LogP contribution in [0.15, 0.2) is 72.9 Å². The van der Waals surface area contributed by atoms with Crippen LogP contribution >= 0.6 is 7.82 Å². The first-order chi connectivity index (χ1) is 35.0. The lowest BCUT2D eigenvalue weighted by Gasteiger charge is -2.26. The number of amides is 1. The standard InChI is InChI=1S/C63H117N2O6P/c1-6-8-10-12-14-16-18-20-22-24-26-28-30-32-34-36-38-40-42-44-46-48-50-52-54-56-62(66)61(60-71-72(68,69)70-59-58-65(3,4)5)64-63(67)57-55-53-51-49-47-45-43-41-39-37-35-33-31-29-27-25-23-21-19-17-15-13-11-9-7-2/h9,11,15,17,21,23,27,29,33,35,39,41,61-62,66H,6-8,10,12-14,16,18-20,22,24-26,28,30-32,34,36-38,40,42-60H2,1-5H3,(H-,64,67,68,69)/p+1/b11-9-,17-15-,23-21-,29-27-,35-33-,41-39-. The topological polar surface area (TPSA) is 105 Å². The molecule has 1 amide bonds. The van der Waals surface area contributed by atoms with E-state index in [9.17, 15) is 19.4 Å². The molecular weight excluding hydrogens is 912 g/mol. The average molecular weight is 1030 g/mol. The Labute approximate surface area is 446 Å². The number of carbonyl (C=O) groups is 1. The third kappa shape index (κ3) is 55.7. The maximum absolute atomic E-state index is 13.0. The molecule has 3 atom stereocenters. The second-order valence-corrected chi connectivity index (χ2v) is 23.2. The summed E-state index contributed by atoms with van der Waals surface area (Å²) in [5.74, 6) is -0.158. The van der Waals surface area contributed by atoms with Gasteiger partial charge in [-0.25, -0.2) is 4.57 Å². The van der Waals surface area contributed by atoms with Crippen LogP contribution in [0.25, 0.3) is 0 Å². The largest absolute Gasteiger partial charge is 0.472 e. The molecule has 0 spiro atoms. The summed E-state index contributed by atoms with van der Waals surface area (Å²) in [6.07, 6.45) is 73.9. The number of hydrogen-bond acceptors (Lipinski definition) is 5. The van der Waals surface area contributed by atoms with Crippen LogP contribution in [0.4, 0.5) is 0 Å². The molecule has 0 aliphatic carbocycles. The van der Waals surface area contributed by atoms with Gasteiger partial charge in [0.05, 0.1) is 39.9 Å². The number of nitrogens with zero attached hydrogens (tertiary/aromatic N) is 1. The third-order valence-corrected chi connectivity index (χ3v) is 14.5. The molecule has 0 aromatic carbocycles. The fourth-order valence-electron chi connectivity index (χ4n) is 8.76. The van der Waals surface area contributed by atoms with Crippen LogP contribution in [0, 0.1) is 0 Å². The van der Waals surface area contributed by atoms with E-state index >= 15 is 0 Å². The van der Waals surface area contributed by atoms with Crippen molar-refractivity contribution in [1.82, 2.24) is 5.32 Å². The molecule has 0 aromatic rings. The number of quaternary nitrogens is 1. The van der Waals surface area contributed by atoms with E-state index in [4.69, 9.17) is 9.05 Å². The Bertz CT molecular complexity index is 1400. The van der Waals surface area contributed by atoms with Crippen molar-refractivity contribution in [3.63, 3.8) is 0 Å². The average Bonchev–Trinajstić information content (AvgIpc) is 3.34. The van der Waals surface area contributed by atoms with Gasteiger partial charge in [0, 0.05) is 6.42 Å². The molecule has 0 fully saturated rings. The molecule has 0 heterocycles. The van der Waals surface area contributed by atoms with E-state index < -0.39 is 20.0 Å². The first kappa shape index (κ1) is 69.9. The highest BCUT2D eigenvalue weighted by molar-refractivity contribution is 7.47. The molecule has 0 radical (unpaired) electrons. The van der Waals surface area contributed by atoms with Gasteiger partial charge in [0.2, 0.25) is 5.91 Å². The second kappa shape index (κ2) is 53.8. The van der Waals surface area contributed by atoms with E-state index in [0.29, 0.717) is 23.9 Å². The highest BCUT2D eigenvalue weighted by Gasteiger charge is 2.28. The lowest BCUT2D eigenvalue weighted by molar-refractivity contribution is -0.870. The zero-order chi connectivity index (χ0) is 52.7. The van der Waals surface area contributed by atoms with Crippen LogP contribution in [0.5, 0.6) is 0 Å². The lowest BCUT2D eigenvalue weighted by Crippen LogP contribution is -2.46. The van der Waals surface area contributed by atoms with Gasteiger partial charge in [0.15, 0.2) is 0 Å². The predicted octanol–water partition coefficient (Wildman–Crippen LogP) is 18.7. The predicted molar refractivity (Wildman–Crippen MR) is 313 cm³/mol. The second-order valence-electron chi connectivity index (χ2n) is 21.7. The molecule has 0 saturated heterocycles. The fourth-order valence-corrected chi connectivity index (χ4v) is 9.49. The number of unbranched alkanes of at least 4 members (excludes halogenated alkanes) is 30. The van der Waals surface area contributed by atoms with Crippen molar-refractivity contribution in [2.75, 3.05) is 40.9 Å². The van der Waals surface area contributed by atoms with Gasteiger partial charge in [-0.2, -0.15) is 0 Å². The molecule has 0 rings (SSSR count). The van der Waals surface area contributed by atoms with Gasteiger partial charge in [-0.15, -0.1) is 0 Å². The summed E-state index contributed by atoms with van der Waals surface area (Å²) in [6, 6.07) is -0.775. The SMILES string of the molecule is CC/C=C\C/C=C\C/C=C\C/C=C\C/C=C\C/C=C\CCCCCCCCC(=O)NC(COP(=O)(O)OCC[N+](C)(C)C)C(O)CCCCCCCCCCCCCCCCCCCCCCCCCCC. The minimum Gasteiger partial charge on any atom is -0.391 e. The Hall–Kier alpha value is -2.06. The smallest absolute Gasteiger partial charge is 0.391 e. The van der Waals surface area contributed by atoms with Crippen molar-refractivity contribution in [1.29, 1.82) is 0 Å². The Morgan fingerprint density at radius 2 is 0.833 bits per heavy atom. The summed E-state index contributed by atoms with van der Waals surface area (Å²) < 4.78 is 23.8. The van der Waals surface area contributed by atoms with Crippen molar-refractivity contribution in [3.8, 4) is 0 Å². The molecule has 0 aromatic heterocycles. The molecule has 0 aliphatic heterocycles. The fraction of sp³-hybridized carbons (Fsp3) is 0.794. The number of aliphatic hydroxyl groups excluding tert-OH is 1. The van der Waals surface area contributed by atoms with Crippen molar-refractivity contribution in [3.05, 3.63) is 72.9 Å². The monoisotopic (exact) mass is 1030 g/mol.